The van der Waals surface area contributed by atoms with Gasteiger partial charge in [-0.1, -0.05) is 6.92 Å². The second-order valence-corrected chi connectivity index (χ2v) is 6.61. The van der Waals surface area contributed by atoms with Gasteiger partial charge in [0.2, 0.25) is 5.91 Å². The Hall–Kier alpha value is -1.41. The zero-order chi connectivity index (χ0) is 15.8. The molecule has 0 bridgehead atoms. The molecule has 2 rings (SSSR count). The number of amides is 1. The van der Waals surface area contributed by atoms with E-state index < -0.39 is 0 Å². The van der Waals surface area contributed by atoms with Crippen LogP contribution in [0.25, 0.3) is 0 Å². The predicted octanol–water partition coefficient (Wildman–Crippen LogP) is 2.58. The van der Waals surface area contributed by atoms with E-state index in [1.165, 1.54) is 25.9 Å². The van der Waals surface area contributed by atoms with Gasteiger partial charge in [0.15, 0.2) is 5.66 Å². The molecule has 0 aromatic heterocycles. The van der Waals surface area contributed by atoms with Crippen LogP contribution >= 0.6 is 0 Å². The fraction of sp³-hybridized carbons (Fsp3) is 0.824. The molecule has 0 radical (unpaired) electrons. The molecule has 1 fully saturated rings. The van der Waals surface area contributed by atoms with Gasteiger partial charge in [0.25, 0.3) is 0 Å². The molecule has 0 saturated carbocycles. The molecule has 22 heavy (non-hydrogen) atoms. The molecule has 2 aliphatic rings. The monoisotopic (exact) mass is 304 g/mol. The van der Waals surface area contributed by atoms with Crippen LogP contribution in [0.3, 0.4) is 0 Å². The number of carbonyl (C=O) groups excluding carboxylic acids is 1. The van der Waals surface area contributed by atoms with Crippen molar-refractivity contribution < 1.29 is 4.79 Å². The molecule has 0 spiro atoms. The maximum absolute atomic E-state index is 11.8. The highest BCUT2D eigenvalue weighted by Gasteiger charge is 2.39. The van der Waals surface area contributed by atoms with Crippen molar-refractivity contribution in [2.45, 2.75) is 57.5 Å². The van der Waals surface area contributed by atoms with Crippen LogP contribution < -0.4 is 5.32 Å². The van der Waals surface area contributed by atoms with Crippen molar-refractivity contribution in [2.24, 2.45) is 16.1 Å². The average molecular weight is 304 g/mol. The Morgan fingerprint density at radius 1 is 1.36 bits per heavy atom. The van der Waals surface area contributed by atoms with E-state index in [1.807, 2.05) is 0 Å². The molecular formula is C17H28N4O. The maximum Gasteiger partial charge on any atom is 0.220 e. The third-order valence-electron chi connectivity index (χ3n) is 4.65. The van der Waals surface area contributed by atoms with Crippen molar-refractivity contribution in [3.63, 3.8) is 0 Å². The number of nitrogens with one attached hydrogen (secondary N) is 1. The van der Waals surface area contributed by atoms with Crippen LogP contribution in [0, 0.1) is 18.3 Å². The van der Waals surface area contributed by atoms with Gasteiger partial charge in [0.1, 0.15) is 0 Å². The van der Waals surface area contributed by atoms with Crippen LogP contribution in [-0.2, 0) is 4.79 Å². The first kappa shape index (κ1) is 17.0. The van der Waals surface area contributed by atoms with E-state index in [9.17, 15) is 4.79 Å². The molecule has 0 unspecified atom stereocenters. The molecule has 1 amide bonds. The molecule has 1 N–H and O–H groups in total. The Labute approximate surface area is 133 Å². The number of hydrogen-bond acceptors (Lipinski definition) is 4. The first-order valence-corrected chi connectivity index (χ1v) is 8.50. The smallest absolute Gasteiger partial charge is 0.220 e. The van der Waals surface area contributed by atoms with Crippen molar-refractivity contribution in [1.82, 2.24) is 10.2 Å². The minimum absolute atomic E-state index is 0.102. The summed E-state index contributed by atoms with van der Waals surface area (Å²) in [6.45, 7) is 6.58. The summed E-state index contributed by atoms with van der Waals surface area (Å²) >= 11 is 0. The third kappa shape index (κ3) is 5.76. The van der Waals surface area contributed by atoms with E-state index in [2.05, 4.69) is 33.3 Å². The number of nitrogens with zero attached hydrogens (tertiary/aromatic N) is 3. The van der Waals surface area contributed by atoms with Crippen LogP contribution in [0.2, 0.25) is 0 Å². The molecular weight excluding hydrogens is 276 g/mol. The highest BCUT2D eigenvalue weighted by atomic mass is 16.1. The quantitative estimate of drug-likeness (QED) is 0.526. The highest BCUT2D eigenvalue weighted by Crippen LogP contribution is 2.37. The van der Waals surface area contributed by atoms with E-state index in [4.69, 9.17) is 6.42 Å². The number of terminal acetylenes is 1. The van der Waals surface area contributed by atoms with Crippen LogP contribution in [-0.4, -0.2) is 42.6 Å². The van der Waals surface area contributed by atoms with Crippen molar-refractivity contribution in [3.8, 4) is 12.3 Å². The Balaban J connectivity index is 1.49. The third-order valence-corrected chi connectivity index (χ3v) is 4.65. The lowest BCUT2D eigenvalue weighted by atomic mass is 9.99. The van der Waals surface area contributed by atoms with Gasteiger partial charge in [-0.25, -0.2) is 0 Å². The zero-order valence-electron chi connectivity index (χ0n) is 13.7. The minimum atomic E-state index is -0.339. The lowest BCUT2D eigenvalue weighted by molar-refractivity contribution is -0.121. The molecule has 2 heterocycles. The first-order valence-electron chi connectivity index (χ1n) is 8.50. The van der Waals surface area contributed by atoms with Gasteiger partial charge in [-0.15, -0.1) is 12.3 Å². The van der Waals surface area contributed by atoms with Crippen LogP contribution in [0.1, 0.15) is 51.9 Å². The summed E-state index contributed by atoms with van der Waals surface area (Å²) in [6.07, 6.45) is 11.5. The number of hydrogen-bond donors (Lipinski definition) is 1. The summed E-state index contributed by atoms with van der Waals surface area (Å²) in [5, 5.41) is 11.1. The number of rotatable bonds is 9. The Bertz CT molecular complexity index is 426. The van der Waals surface area contributed by atoms with E-state index in [1.54, 1.807) is 0 Å². The SMILES string of the molecule is C#CCCC1(CCC(=O)NCCCN2CCC(C)CC2)N=N1. The van der Waals surface area contributed by atoms with Crippen LogP contribution in [0.15, 0.2) is 10.2 Å². The Morgan fingerprint density at radius 2 is 2.09 bits per heavy atom. The second-order valence-electron chi connectivity index (χ2n) is 6.61. The zero-order valence-corrected chi connectivity index (χ0v) is 13.7. The molecule has 0 aromatic rings. The molecule has 0 atom stereocenters. The van der Waals surface area contributed by atoms with Gasteiger partial charge in [-0.05, 0) is 44.8 Å². The average Bonchev–Trinajstić information content (AvgIpc) is 3.30. The number of carbonyl (C=O) groups is 1. The molecule has 1 saturated heterocycles. The topological polar surface area (TPSA) is 57.1 Å². The standard InChI is InChI=1S/C17H28N4O/c1-3-4-9-17(19-20-17)10-6-16(22)18-11-5-12-21-13-7-15(2)8-14-21/h1,15H,4-14H2,2H3,(H,18,22). The lowest BCUT2D eigenvalue weighted by Crippen LogP contribution is -2.35. The van der Waals surface area contributed by atoms with Gasteiger partial charge in [0, 0.05) is 32.2 Å². The van der Waals surface area contributed by atoms with Crippen molar-refractivity contribution in [2.75, 3.05) is 26.2 Å². The molecule has 122 valence electrons. The summed E-state index contributed by atoms with van der Waals surface area (Å²) < 4.78 is 0. The van der Waals surface area contributed by atoms with Gasteiger partial charge in [0.05, 0.1) is 0 Å². The van der Waals surface area contributed by atoms with Gasteiger partial charge < -0.3 is 10.2 Å². The normalized spacial score (nSPS) is 20.5. The van der Waals surface area contributed by atoms with E-state index in [0.717, 1.165) is 31.8 Å². The maximum atomic E-state index is 11.8. The number of likely N-dealkylation sites (tertiary alicyclic amines) is 1. The molecule has 5 nitrogen and oxygen atoms in total. The Morgan fingerprint density at radius 3 is 2.73 bits per heavy atom. The van der Waals surface area contributed by atoms with E-state index >= 15 is 0 Å². The summed E-state index contributed by atoms with van der Waals surface area (Å²) in [6, 6.07) is 0. The summed E-state index contributed by atoms with van der Waals surface area (Å²) in [7, 11) is 0. The minimum Gasteiger partial charge on any atom is -0.356 e. The largest absolute Gasteiger partial charge is 0.356 e. The molecule has 0 aromatic carbocycles. The van der Waals surface area contributed by atoms with Crippen molar-refractivity contribution in [3.05, 3.63) is 0 Å². The Kier molecular flexibility index (Phi) is 6.38. The lowest BCUT2D eigenvalue weighted by Gasteiger charge is -2.30. The van der Waals surface area contributed by atoms with E-state index in [0.29, 0.717) is 19.3 Å². The fourth-order valence-corrected chi connectivity index (χ4v) is 2.89. The number of piperidine rings is 1. The van der Waals surface area contributed by atoms with Crippen LogP contribution in [0.5, 0.6) is 0 Å². The van der Waals surface area contributed by atoms with Crippen molar-refractivity contribution >= 4 is 5.91 Å². The summed E-state index contributed by atoms with van der Waals surface area (Å²) in [5.74, 6) is 3.57. The second kappa shape index (κ2) is 8.28. The molecule has 0 aliphatic carbocycles. The first-order chi connectivity index (χ1) is 10.6. The molecule has 5 heteroatoms. The van der Waals surface area contributed by atoms with Crippen molar-refractivity contribution in [1.29, 1.82) is 0 Å². The van der Waals surface area contributed by atoms with E-state index in [-0.39, 0.29) is 11.6 Å². The fourth-order valence-electron chi connectivity index (χ4n) is 2.89. The molecule has 2 aliphatic heterocycles. The van der Waals surface area contributed by atoms with Gasteiger partial charge in [-0.3, -0.25) is 4.79 Å². The summed E-state index contributed by atoms with van der Waals surface area (Å²) in [4.78, 5) is 14.3. The highest BCUT2D eigenvalue weighted by molar-refractivity contribution is 5.75. The van der Waals surface area contributed by atoms with Crippen LogP contribution in [0.4, 0.5) is 0 Å². The predicted molar refractivity (Wildman–Crippen MR) is 87.4 cm³/mol. The summed E-state index contributed by atoms with van der Waals surface area (Å²) in [5.41, 5.74) is -0.339. The van der Waals surface area contributed by atoms with Gasteiger partial charge >= 0.3 is 0 Å². The van der Waals surface area contributed by atoms with Gasteiger partial charge in [-0.2, -0.15) is 10.2 Å².